The smallest absolute Gasteiger partial charge is 0.119 e. The molecular formula is C15H24BrNO. The van der Waals surface area contributed by atoms with Gasteiger partial charge in [0, 0.05) is 4.47 Å². The normalized spacial score (nSPS) is 14.3. The molecule has 1 aromatic carbocycles. The Labute approximate surface area is 119 Å². The highest BCUT2D eigenvalue weighted by Crippen LogP contribution is 2.26. The second-order valence-corrected chi connectivity index (χ2v) is 5.78. The van der Waals surface area contributed by atoms with Gasteiger partial charge in [0.15, 0.2) is 0 Å². The zero-order chi connectivity index (χ0) is 13.5. The van der Waals surface area contributed by atoms with Gasteiger partial charge >= 0.3 is 0 Å². The van der Waals surface area contributed by atoms with Gasteiger partial charge in [-0.2, -0.15) is 0 Å². The Morgan fingerprint density at radius 3 is 2.61 bits per heavy atom. The Kier molecular flexibility index (Phi) is 6.72. The molecule has 1 N–H and O–H groups in total. The molecule has 0 radical (unpaired) electrons. The third kappa shape index (κ3) is 4.62. The molecule has 0 aliphatic heterocycles. The van der Waals surface area contributed by atoms with Crippen molar-refractivity contribution >= 4 is 15.9 Å². The molecule has 0 aromatic heterocycles. The van der Waals surface area contributed by atoms with E-state index in [4.69, 9.17) is 4.74 Å². The quantitative estimate of drug-likeness (QED) is 0.824. The van der Waals surface area contributed by atoms with E-state index in [0.29, 0.717) is 11.8 Å². The monoisotopic (exact) mass is 313 g/mol. The molecular weight excluding hydrogens is 290 g/mol. The summed E-state index contributed by atoms with van der Waals surface area (Å²) in [5.74, 6) is 2.25. The van der Waals surface area contributed by atoms with Crippen molar-refractivity contribution in [2.24, 2.45) is 11.8 Å². The van der Waals surface area contributed by atoms with Crippen LogP contribution < -0.4 is 10.1 Å². The molecule has 2 unspecified atom stereocenters. The zero-order valence-electron chi connectivity index (χ0n) is 11.8. The third-order valence-electron chi connectivity index (χ3n) is 3.48. The number of ether oxygens (including phenoxy) is 1. The second-order valence-electron chi connectivity index (χ2n) is 4.92. The maximum absolute atomic E-state index is 5.28. The summed E-state index contributed by atoms with van der Waals surface area (Å²) >= 11 is 3.62. The minimum Gasteiger partial charge on any atom is -0.497 e. The first-order chi connectivity index (χ1) is 8.58. The van der Waals surface area contributed by atoms with E-state index in [2.05, 4.69) is 54.2 Å². The Morgan fingerprint density at radius 1 is 1.28 bits per heavy atom. The lowest BCUT2D eigenvalue weighted by atomic mass is 9.89. The van der Waals surface area contributed by atoms with Crippen LogP contribution in [0.5, 0.6) is 5.75 Å². The van der Waals surface area contributed by atoms with E-state index in [0.717, 1.165) is 25.3 Å². The van der Waals surface area contributed by atoms with Gasteiger partial charge in [-0.1, -0.05) is 36.7 Å². The number of hydrogen-bond donors (Lipinski definition) is 1. The molecule has 1 aromatic rings. The van der Waals surface area contributed by atoms with Crippen molar-refractivity contribution in [3.8, 4) is 5.75 Å². The summed E-state index contributed by atoms with van der Waals surface area (Å²) in [5, 5.41) is 3.42. The van der Waals surface area contributed by atoms with Crippen LogP contribution in [0.25, 0.3) is 0 Å². The van der Waals surface area contributed by atoms with E-state index < -0.39 is 0 Å². The van der Waals surface area contributed by atoms with Gasteiger partial charge in [0.25, 0.3) is 0 Å². The van der Waals surface area contributed by atoms with Crippen LogP contribution in [0, 0.1) is 11.8 Å². The van der Waals surface area contributed by atoms with E-state index in [1.54, 1.807) is 7.11 Å². The molecule has 0 saturated heterocycles. The molecule has 0 aliphatic rings. The van der Waals surface area contributed by atoms with Gasteiger partial charge in [0.1, 0.15) is 5.75 Å². The molecule has 2 atom stereocenters. The largest absolute Gasteiger partial charge is 0.497 e. The summed E-state index contributed by atoms with van der Waals surface area (Å²) in [6.07, 6.45) is 1.07. The first kappa shape index (κ1) is 15.5. The minimum absolute atomic E-state index is 0.646. The SMILES string of the molecule is CCNCC(C)C(C)Cc1cc(OC)ccc1Br. The molecule has 0 fully saturated rings. The van der Waals surface area contributed by atoms with E-state index >= 15 is 0 Å². The van der Waals surface area contributed by atoms with E-state index in [-0.39, 0.29) is 0 Å². The van der Waals surface area contributed by atoms with Crippen LogP contribution in [0.4, 0.5) is 0 Å². The van der Waals surface area contributed by atoms with E-state index in [1.807, 2.05) is 6.07 Å². The molecule has 2 nitrogen and oxygen atoms in total. The summed E-state index contributed by atoms with van der Waals surface area (Å²) in [6, 6.07) is 6.18. The lowest BCUT2D eigenvalue weighted by molar-refractivity contribution is 0.366. The fourth-order valence-corrected chi connectivity index (χ4v) is 2.36. The molecule has 0 bridgehead atoms. The van der Waals surface area contributed by atoms with Crippen LogP contribution in [-0.2, 0) is 6.42 Å². The molecule has 0 spiro atoms. The van der Waals surface area contributed by atoms with Crippen LogP contribution in [0.3, 0.4) is 0 Å². The van der Waals surface area contributed by atoms with Crippen LogP contribution in [-0.4, -0.2) is 20.2 Å². The van der Waals surface area contributed by atoms with Gasteiger partial charge in [0.05, 0.1) is 7.11 Å². The summed E-state index contributed by atoms with van der Waals surface area (Å²) < 4.78 is 6.46. The van der Waals surface area contributed by atoms with Crippen molar-refractivity contribution in [3.63, 3.8) is 0 Å². The number of benzene rings is 1. The summed E-state index contributed by atoms with van der Waals surface area (Å²) in [4.78, 5) is 0. The van der Waals surface area contributed by atoms with E-state index in [1.165, 1.54) is 10.0 Å². The molecule has 0 amide bonds. The average molecular weight is 314 g/mol. The summed E-state index contributed by atoms with van der Waals surface area (Å²) in [6.45, 7) is 8.89. The topological polar surface area (TPSA) is 21.3 Å². The Balaban J connectivity index is 2.65. The van der Waals surface area contributed by atoms with Gasteiger partial charge in [-0.05, 0) is 55.1 Å². The van der Waals surface area contributed by atoms with Crippen molar-refractivity contribution in [2.45, 2.75) is 27.2 Å². The van der Waals surface area contributed by atoms with Crippen molar-refractivity contribution in [3.05, 3.63) is 28.2 Å². The van der Waals surface area contributed by atoms with E-state index in [9.17, 15) is 0 Å². The lowest BCUT2D eigenvalue weighted by Gasteiger charge is -2.21. The number of methoxy groups -OCH3 is 1. The first-order valence-corrected chi connectivity index (χ1v) is 7.40. The zero-order valence-corrected chi connectivity index (χ0v) is 13.4. The molecule has 3 heteroatoms. The Bertz CT molecular complexity index is 368. The number of nitrogens with one attached hydrogen (secondary N) is 1. The molecule has 18 heavy (non-hydrogen) atoms. The van der Waals surface area contributed by atoms with Crippen LogP contribution >= 0.6 is 15.9 Å². The fourth-order valence-electron chi connectivity index (χ4n) is 1.96. The van der Waals surface area contributed by atoms with Crippen LogP contribution in [0.1, 0.15) is 26.3 Å². The maximum Gasteiger partial charge on any atom is 0.119 e. The number of hydrogen-bond acceptors (Lipinski definition) is 2. The standard InChI is InChI=1S/C15H24BrNO/c1-5-17-10-12(3)11(2)8-13-9-14(18-4)6-7-15(13)16/h6-7,9,11-12,17H,5,8,10H2,1-4H3. The predicted octanol–water partition coefficient (Wildman–Crippen LogP) is 3.88. The minimum atomic E-state index is 0.646. The van der Waals surface area contributed by atoms with Crippen molar-refractivity contribution in [1.82, 2.24) is 5.32 Å². The molecule has 0 aliphatic carbocycles. The van der Waals surface area contributed by atoms with Gasteiger partial charge in [-0.3, -0.25) is 0 Å². The first-order valence-electron chi connectivity index (χ1n) is 6.61. The van der Waals surface area contributed by atoms with Crippen molar-refractivity contribution in [1.29, 1.82) is 0 Å². The molecule has 0 heterocycles. The fraction of sp³-hybridized carbons (Fsp3) is 0.600. The highest BCUT2D eigenvalue weighted by Gasteiger charge is 2.14. The average Bonchev–Trinajstić information content (AvgIpc) is 2.38. The van der Waals surface area contributed by atoms with Gasteiger partial charge in [-0.15, -0.1) is 0 Å². The lowest BCUT2D eigenvalue weighted by Crippen LogP contribution is -2.25. The predicted molar refractivity (Wildman–Crippen MR) is 81.3 cm³/mol. The maximum atomic E-state index is 5.28. The highest BCUT2D eigenvalue weighted by atomic mass is 79.9. The Morgan fingerprint density at radius 2 is 2.00 bits per heavy atom. The van der Waals surface area contributed by atoms with Crippen LogP contribution in [0.15, 0.2) is 22.7 Å². The number of halogens is 1. The van der Waals surface area contributed by atoms with Crippen LogP contribution in [0.2, 0.25) is 0 Å². The van der Waals surface area contributed by atoms with Gasteiger partial charge < -0.3 is 10.1 Å². The van der Waals surface area contributed by atoms with Crippen molar-refractivity contribution < 1.29 is 4.74 Å². The van der Waals surface area contributed by atoms with Gasteiger partial charge in [-0.25, -0.2) is 0 Å². The molecule has 102 valence electrons. The molecule has 0 saturated carbocycles. The number of rotatable bonds is 7. The second kappa shape index (κ2) is 7.80. The summed E-state index contributed by atoms with van der Waals surface area (Å²) in [5.41, 5.74) is 1.32. The van der Waals surface area contributed by atoms with Crippen molar-refractivity contribution in [2.75, 3.05) is 20.2 Å². The Hall–Kier alpha value is -0.540. The van der Waals surface area contributed by atoms with Gasteiger partial charge in [0.2, 0.25) is 0 Å². The molecule has 1 rings (SSSR count). The summed E-state index contributed by atoms with van der Waals surface area (Å²) in [7, 11) is 1.71. The highest BCUT2D eigenvalue weighted by molar-refractivity contribution is 9.10. The third-order valence-corrected chi connectivity index (χ3v) is 4.26.